The van der Waals surface area contributed by atoms with Crippen LogP contribution in [0.2, 0.25) is 0 Å². The van der Waals surface area contributed by atoms with Gasteiger partial charge in [0.15, 0.2) is 0 Å². The minimum absolute atomic E-state index is 0.0684. The Kier molecular flexibility index (Phi) is 9.08. The standard InChI is InChI=1S/C28H44N2O5/c1-34-16-7-6-14-28(33,23-12-4-5-13-26(23)35-22-10-2-3-11-22)21-9-8-15-30(19-21)27(32)20-17-24(29)25(31)18-20/h4-5,12-13,20-22,24-25,31,33H,2-3,6-11,14-19,29H2,1H3/t20-,21?,24+,25-,28?/m0/s1. The molecule has 0 bridgehead atoms. The molecule has 1 aromatic carbocycles. The second kappa shape index (κ2) is 12.0. The fourth-order valence-corrected chi connectivity index (χ4v) is 6.39. The molecular formula is C28H44N2O5. The first-order chi connectivity index (χ1) is 16.9. The van der Waals surface area contributed by atoms with Crippen molar-refractivity contribution in [2.75, 3.05) is 26.8 Å². The van der Waals surface area contributed by atoms with E-state index in [0.29, 0.717) is 39.0 Å². The van der Waals surface area contributed by atoms with Crippen LogP contribution in [0.4, 0.5) is 0 Å². The summed E-state index contributed by atoms with van der Waals surface area (Å²) in [4.78, 5) is 15.2. The van der Waals surface area contributed by atoms with Crippen LogP contribution in [0, 0.1) is 11.8 Å². The minimum atomic E-state index is -1.09. The summed E-state index contributed by atoms with van der Waals surface area (Å²) in [7, 11) is 1.70. The van der Waals surface area contributed by atoms with Gasteiger partial charge in [-0.05, 0) is 76.7 Å². The molecule has 3 fully saturated rings. The topological polar surface area (TPSA) is 105 Å². The number of carbonyl (C=O) groups is 1. The SMILES string of the molecule is COCCCCC(O)(c1ccccc1OC1CCCC1)C1CCCN(C(=O)[C@H]2C[C@@H](N)[C@@H](O)C2)C1. The first-order valence-electron chi connectivity index (χ1n) is 13.6. The Hall–Kier alpha value is -1.67. The third-order valence-corrected chi connectivity index (χ3v) is 8.44. The summed E-state index contributed by atoms with van der Waals surface area (Å²) in [6.07, 6.45) is 9.05. The third-order valence-electron chi connectivity index (χ3n) is 8.44. The first kappa shape index (κ1) is 26.4. The van der Waals surface area contributed by atoms with Crippen LogP contribution in [-0.2, 0) is 15.1 Å². The molecule has 7 heteroatoms. The molecule has 4 rings (SSSR count). The molecule has 196 valence electrons. The largest absolute Gasteiger partial charge is 0.490 e. The molecule has 0 radical (unpaired) electrons. The summed E-state index contributed by atoms with van der Waals surface area (Å²) in [6, 6.07) is 7.62. The lowest BCUT2D eigenvalue weighted by molar-refractivity contribution is -0.141. The summed E-state index contributed by atoms with van der Waals surface area (Å²) in [6.45, 7) is 1.87. The second-order valence-electron chi connectivity index (χ2n) is 10.9. The fraction of sp³-hybridized carbons (Fsp3) is 0.750. The van der Waals surface area contributed by atoms with Crippen molar-refractivity contribution in [3.63, 3.8) is 0 Å². The smallest absolute Gasteiger partial charge is 0.225 e. The molecule has 0 spiro atoms. The van der Waals surface area contributed by atoms with Crippen LogP contribution < -0.4 is 10.5 Å². The van der Waals surface area contributed by atoms with E-state index in [1.807, 2.05) is 29.2 Å². The van der Waals surface area contributed by atoms with Crippen LogP contribution in [0.25, 0.3) is 0 Å². The predicted molar refractivity (Wildman–Crippen MR) is 135 cm³/mol. The number of likely N-dealkylation sites (tertiary alicyclic amines) is 1. The van der Waals surface area contributed by atoms with Gasteiger partial charge in [0.2, 0.25) is 5.91 Å². The Morgan fingerprint density at radius 2 is 1.91 bits per heavy atom. The Labute approximate surface area is 210 Å². The number of amides is 1. The Balaban J connectivity index is 1.55. The molecule has 5 atom stereocenters. The van der Waals surface area contributed by atoms with Crippen molar-refractivity contribution in [1.29, 1.82) is 0 Å². The number of piperidine rings is 1. The van der Waals surface area contributed by atoms with Crippen LogP contribution in [0.1, 0.15) is 76.2 Å². The summed E-state index contributed by atoms with van der Waals surface area (Å²) >= 11 is 0. The molecular weight excluding hydrogens is 444 g/mol. The zero-order valence-corrected chi connectivity index (χ0v) is 21.2. The fourth-order valence-electron chi connectivity index (χ4n) is 6.39. The van der Waals surface area contributed by atoms with E-state index in [1.54, 1.807) is 7.11 Å². The zero-order chi connectivity index (χ0) is 24.8. The van der Waals surface area contributed by atoms with Crippen molar-refractivity contribution in [2.45, 2.75) is 94.5 Å². The summed E-state index contributed by atoms with van der Waals surface area (Å²) in [5.41, 5.74) is 5.75. The Morgan fingerprint density at radius 3 is 2.63 bits per heavy atom. The molecule has 3 aliphatic rings. The van der Waals surface area contributed by atoms with E-state index in [2.05, 4.69) is 0 Å². The summed E-state index contributed by atoms with van der Waals surface area (Å²) in [5.74, 6) is 0.531. The van der Waals surface area contributed by atoms with Gasteiger partial charge in [0.1, 0.15) is 5.75 Å². The highest BCUT2D eigenvalue weighted by Gasteiger charge is 2.45. The Bertz CT molecular complexity index is 819. The molecule has 7 nitrogen and oxygen atoms in total. The molecule has 2 aliphatic carbocycles. The molecule has 1 saturated heterocycles. The van der Waals surface area contributed by atoms with Crippen molar-refractivity contribution in [1.82, 2.24) is 4.90 Å². The summed E-state index contributed by atoms with van der Waals surface area (Å²) in [5, 5.41) is 22.5. The van der Waals surface area contributed by atoms with E-state index in [0.717, 1.165) is 49.8 Å². The number of unbranched alkanes of at least 4 members (excludes halogenated alkanes) is 1. The summed E-state index contributed by atoms with van der Waals surface area (Å²) < 4.78 is 11.7. The van der Waals surface area contributed by atoms with Gasteiger partial charge in [-0.3, -0.25) is 4.79 Å². The minimum Gasteiger partial charge on any atom is -0.490 e. The second-order valence-corrected chi connectivity index (χ2v) is 10.9. The van der Waals surface area contributed by atoms with E-state index < -0.39 is 11.7 Å². The lowest BCUT2D eigenvalue weighted by Crippen LogP contribution is -2.49. The van der Waals surface area contributed by atoms with Gasteiger partial charge in [-0.25, -0.2) is 0 Å². The van der Waals surface area contributed by atoms with Crippen LogP contribution in [0.5, 0.6) is 5.75 Å². The number of carbonyl (C=O) groups excluding carboxylic acids is 1. The molecule has 2 saturated carbocycles. The van der Waals surface area contributed by atoms with E-state index >= 15 is 0 Å². The number of rotatable bonds is 10. The number of ether oxygens (including phenoxy) is 2. The number of benzene rings is 1. The number of hydrogen-bond donors (Lipinski definition) is 3. The van der Waals surface area contributed by atoms with Crippen LogP contribution >= 0.6 is 0 Å². The van der Waals surface area contributed by atoms with E-state index in [4.69, 9.17) is 15.2 Å². The first-order valence-corrected chi connectivity index (χ1v) is 13.6. The molecule has 2 unspecified atom stereocenters. The molecule has 0 aromatic heterocycles. The average Bonchev–Trinajstić information content (AvgIpc) is 3.51. The van der Waals surface area contributed by atoms with Crippen LogP contribution in [0.15, 0.2) is 24.3 Å². The van der Waals surface area contributed by atoms with E-state index in [1.165, 1.54) is 12.8 Å². The number of para-hydroxylation sites is 1. The molecule has 1 heterocycles. The lowest BCUT2D eigenvalue weighted by Gasteiger charge is -2.44. The molecule has 1 aromatic rings. The third kappa shape index (κ3) is 6.19. The highest BCUT2D eigenvalue weighted by atomic mass is 16.5. The zero-order valence-electron chi connectivity index (χ0n) is 21.2. The number of aliphatic hydroxyl groups is 2. The number of nitrogens with zero attached hydrogens (tertiary/aromatic N) is 1. The predicted octanol–water partition coefficient (Wildman–Crippen LogP) is 3.35. The quantitative estimate of drug-likeness (QED) is 0.436. The highest BCUT2D eigenvalue weighted by molar-refractivity contribution is 5.79. The van der Waals surface area contributed by atoms with Gasteiger partial charge in [0.25, 0.3) is 0 Å². The van der Waals surface area contributed by atoms with Gasteiger partial charge in [0.05, 0.1) is 17.8 Å². The van der Waals surface area contributed by atoms with Gasteiger partial charge < -0.3 is 30.3 Å². The van der Waals surface area contributed by atoms with Gasteiger partial charge in [-0.15, -0.1) is 0 Å². The van der Waals surface area contributed by atoms with Crippen molar-refractivity contribution in [3.8, 4) is 5.75 Å². The molecule has 1 amide bonds. The number of methoxy groups -OCH3 is 1. The van der Waals surface area contributed by atoms with Crippen molar-refractivity contribution < 1.29 is 24.5 Å². The van der Waals surface area contributed by atoms with Crippen molar-refractivity contribution in [3.05, 3.63) is 29.8 Å². The van der Waals surface area contributed by atoms with Gasteiger partial charge in [-0.1, -0.05) is 18.2 Å². The van der Waals surface area contributed by atoms with Crippen LogP contribution in [-0.4, -0.2) is 66.1 Å². The van der Waals surface area contributed by atoms with Crippen molar-refractivity contribution >= 4 is 5.91 Å². The van der Waals surface area contributed by atoms with Gasteiger partial charge in [0, 0.05) is 50.2 Å². The lowest BCUT2D eigenvalue weighted by atomic mass is 9.73. The van der Waals surface area contributed by atoms with E-state index in [9.17, 15) is 15.0 Å². The maximum absolute atomic E-state index is 13.3. The monoisotopic (exact) mass is 488 g/mol. The maximum atomic E-state index is 13.3. The molecule has 4 N–H and O–H groups in total. The highest BCUT2D eigenvalue weighted by Crippen LogP contribution is 2.44. The van der Waals surface area contributed by atoms with Crippen LogP contribution in [0.3, 0.4) is 0 Å². The van der Waals surface area contributed by atoms with Gasteiger partial charge in [-0.2, -0.15) is 0 Å². The number of aliphatic hydroxyl groups excluding tert-OH is 1. The Morgan fingerprint density at radius 1 is 1.14 bits per heavy atom. The number of hydrogen-bond acceptors (Lipinski definition) is 6. The molecule has 35 heavy (non-hydrogen) atoms. The number of nitrogens with two attached hydrogens (primary N) is 1. The average molecular weight is 489 g/mol. The maximum Gasteiger partial charge on any atom is 0.225 e. The van der Waals surface area contributed by atoms with Crippen molar-refractivity contribution in [2.24, 2.45) is 17.6 Å². The molecule has 1 aliphatic heterocycles. The normalized spacial score (nSPS) is 29.3. The van der Waals surface area contributed by atoms with E-state index in [-0.39, 0.29) is 29.9 Å². The van der Waals surface area contributed by atoms with Gasteiger partial charge >= 0.3 is 0 Å².